The maximum atomic E-state index is 11.8. The van der Waals surface area contributed by atoms with Crippen LogP contribution < -0.4 is 0 Å². The lowest BCUT2D eigenvalue weighted by Gasteiger charge is -2.24. The third kappa shape index (κ3) is 5.54. The number of halogens is 1. The fourth-order valence-electron chi connectivity index (χ4n) is 2.28. The normalized spacial score (nSPS) is 19.0. The molecule has 0 aliphatic carbocycles. The first-order valence-electron chi connectivity index (χ1n) is 7.01. The largest absolute Gasteiger partial charge is 0.481 e. The highest BCUT2D eigenvalue weighted by Crippen LogP contribution is 2.15. The van der Waals surface area contributed by atoms with E-state index in [1.807, 2.05) is 6.92 Å². The average molecular weight is 307 g/mol. The second-order valence-corrected chi connectivity index (χ2v) is 5.29. The Balaban J connectivity index is 2.35. The van der Waals surface area contributed by atoms with E-state index < -0.39 is 5.97 Å². The van der Waals surface area contributed by atoms with Crippen molar-refractivity contribution in [3.63, 3.8) is 0 Å². The van der Waals surface area contributed by atoms with Crippen LogP contribution in [0.5, 0.6) is 0 Å². The van der Waals surface area contributed by atoms with E-state index in [9.17, 15) is 9.59 Å². The summed E-state index contributed by atoms with van der Waals surface area (Å²) in [6.07, 6.45) is 1.19. The molecule has 1 saturated heterocycles. The summed E-state index contributed by atoms with van der Waals surface area (Å²) in [6.45, 7) is 5.42. The molecule has 1 fully saturated rings. The number of rotatable bonds is 8. The summed E-state index contributed by atoms with van der Waals surface area (Å²) in [5, 5.41) is 8.95. The van der Waals surface area contributed by atoms with Gasteiger partial charge in [0.15, 0.2) is 0 Å². The average Bonchev–Trinajstić information content (AvgIpc) is 2.89. The van der Waals surface area contributed by atoms with E-state index in [0.717, 1.165) is 13.0 Å². The first-order chi connectivity index (χ1) is 9.58. The summed E-state index contributed by atoms with van der Waals surface area (Å²) in [4.78, 5) is 26.4. The number of alkyl halides is 1. The van der Waals surface area contributed by atoms with E-state index in [1.54, 1.807) is 4.90 Å². The van der Waals surface area contributed by atoms with E-state index in [4.69, 9.17) is 21.4 Å². The Morgan fingerprint density at radius 2 is 2.20 bits per heavy atom. The van der Waals surface area contributed by atoms with Crippen LogP contribution in [0.2, 0.25) is 0 Å². The molecule has 1 rings (SSSR count). The number of carbonyl (C=O) groups excluding carboxylic acids is 1. The molecule has 1 amide bonds. The number of aliphatic carboxylic acids is 1. The molecule has 0 aromatic rings. The smallest absolute Gasteiger partial charge is 0.409 e. The Labute approximate surface area is 124 Å². The zero-order valence-corrected chi connectivity index (χ0v) is 12.6. The number of carboxylic acid groups (broad SMARTS) is 1. The van der Waals surface area contributed by atoms with Crippen molar-refractivity contribution in [2.24, 2.45) is 5.92 Å². The van der Waals surface area contributed by atoms with Crippen molar-refractivity contribution < 1.29 is 19.4 Å². The minimum Gasteiger partial charge on any atom is -0.481 e. The van der Waals surface area contributed by atoms with Crippen LogP contribution in [0.3, 0.4) is 0 Å². The number of carboxylic acids is 1. The van der Waals surface area contributed by atoms with Crippen LogP contribution in [0.4, 0.5) is 4.79 Å². The lowest BCUT2D eigenvalue weighted by atomic mass is 10.1. The van der Waals surface area contributed by atoms with E-state index >= 15 is 0 Å². The molecule has 7 heteroatoms. The standard InChI is InChI=1S/C13H23ClN2O4/c1-2-5-16(13(19)20-9-4-14)8-7-15-6-3-11(10-15)12(17)18/h11H,2-10H2,1H3,(H,17,18). The Bertz CT molecular complexity index is 327. The SMILES string of the molecule is CCCN(CCN1CCC(C(=O)O)C1)C(=O)OCCCl. The highest BCUT2D eigenvalue weighted by Gasteiger charge is 2.28. The Morgan fingerprint density at radius 1 is 1.45 bits per heavy atom. The second-order valence-electron chi connectivity index (χ2n) is 4.91. The molecule has 20 heavy (non-hydrogen) atoms. The molecule has 0 spiro atoms. The topological polar surface area (TPSA) is 70.1 Å². The fourth-order valence-corrected chi connectivity index (χ4v) is 2.36. The maximum absolute atomic E-state index is 11.8. The van der Waals surface area contributed by atoms with Gasteiger partial charge in [-0.3, -0.25) is 4.79 Å². The van der Waals surface area contributed by atoms with Crippen LogP contribution in [0.1, 0.15) is 19.8 Å². The predicted molar refractivity (Wildman–Crippen MR) is 76.1 cm³/mol. The van der Waals surface area contributed by atoms with Crippen molar-refractivity contribution in [1.82, 2.24) is 9.80 Å². The third-order valence-electron chi connectivity index (χ3n) is 3.36. The zero-order valence-electron chi connectivity index (χ0n) is 11.9. The summed E-state index contributed by atoms with van der Waals surface area (Å²) in [7, 11) is 0. The summed E-state index contributed by atoms with van der Waals surface area (Å²) >= 11 is 5.49. The lowest BCUT2D eigenvalue weighted by molar-refractivity contribution is -0.141. The Kier molecular flexibility index (Phi) is 7.69. The van der Waals surface area contributed by atoms with Crippen molar-refractivity contribution in [2.75, 3.05) is 45.2 Å². The van der Waals surface area contributed by atoms with Gasteiger partial charge in [0.1, 0.15) is 6.61 Å². The highest BCUT2D eigenvalue weighted by molar-refractivity contribution is 6.18. The summed E-state index contributed by atoms with van der Waals surface area (Å²) in [5.74, 6) is -0.727. The first-order valence-corrected chi connectivity index (χ1v) is 7.54. The molecule has 1 heterocycles. The number of carbonyl (C=O) groups is 2. The van der Waals surface area contributed by atoms with Gasteiger partial charge in [0.2, 0.25) is 0 Å². The van der Waals surface area contributed by atoms with Crippen molar-refractivity contribution in [3.8, 4) is 0 Å². The highest BCUT2D eigenvalue weighted by atomic mass is 35.5. The second kappa shape index (κ2) is 9.02. The quantitative estimate of drug-likeness (QED) is 0.688. The minimum atomic E-state index is -0.737. The molecule has 0 saturated carbocycles. The van der Waals surface area contributed by atoms with E-state index in [1.165, 1.54) is 0 Å². The third-order valence-corrected chi connectivity index (χ3v) is 3.52. The van der Waals surface area contributed by atoms with Gasteiger partial charge in [-0.1, -0.05) is 6.92 Å². The number of ether oxygens (including phenoxy) is 1. The fraction of sp³-hybridized carbons (Fsp3) is 0.846. The van der Waals surface area contributed by atoms with Gasteiger partial charge in [0, 0.05) is 26.2 Å². The molecule has 1 atom stereocenters. The molecule has 6 nitrogen and oxygen atoms in total. The molecule has 0 aromatic carbocycles. The molecule has 1 aliphatic heterocycles. The van der Waals surface area contributed by atoms with Crippen molar-refractivity contribution in [2.45, 2.75) is 19.8 Å². The number of nitrogens with zero attached hydrogens (tertiary/aromatic N) is 2. The van der Waals surface area contributed by atoms with Gasteiger partial charge >= 0.3 is 12.1 Å². The van der Waals surface area contributed by atoms with Gasteiger partial charge in [0.05, 0.1) is 11.8 Å². The van der Waals surface area contributed by atoms with Crippen LogP contribution in [-0.4, -0.2) is 72.2 Å². The van der Waals surface area contributed by atoms with Crippen molar-refractivity contribution in [3.05, 3.63) is 0 Å². The number of likely N-dealkylation sites (tertiary alicyclic amines) is 1. The number of hydrogen-bond acceptors (Lipinski definition) is 4. The van der Waals surface area contributed by atoms with Crippen LogP contribution in [0.25, 0.3) is 0 Å². The Hall–Kier alpha value is -1.01. The van der Waals surface area contributed by atoms with Gasteiger partial charge in [-0.05, 0) is 19.4 Å². The van der Waals surface area contributed by atoms with Crippen molar-refractivity contribution >= 4 is 23.7 Å². The van der Waals surface area contributed by atoms with Gasteiger partial charge in [-0.25, -0.2) is 4.79 Å². The molecule has 0 radical (unpaired) electrons. The van der Waals surface area contributed by atoms with E-state index in [0.29, 0.717) is 32.6 Å². The first kappa shape index (κ1) is 17.0. The van der Waals surface area contributed by atoms with E-state index in [2.05, 4.69) is 4.90 Å². The lowest BCUT2D eigenvalue weighted by Crippen LogP contribution is -2.39. The van der Waals surface area contributed by atoms with Gasteiger partial charge in [-0.15, -0.1) is 11.6 Å². The molecule has 1 unspecified atom stereocenters. The molecule has 0 aromatic heterocycles. The molecular weight excluding hydrogens is 284 g/mol. The minimum absolute atomic E-state index is 0.214. The van der Waals surface area contributed by atoms with Gasteiger partial charge in [0.25, 0.3) is 0 Å². The number of hydrogen-bond donors (Lipinski definition) is 1. The predicted octanol–water partition coefficient (Wildman–Crippen LogP) is 1.48. The molecule has 0 bridgehead atoms. The molecular formula is C13H23ClN2O4. The Morgan fingerprint density at radius 3 is 2.75 bits per heavy atom. The van der Waals surface area contributed by atoms with Crippen LogP contribution in [0, 0.1) is 5.92 Å². The van der Waals surface area contributed by atoms with Crippen molar-refractivity contribution in [1.29, 1.82) is 0 Å². The molecule has 1 aliphatic rings. The van der Waals surface area contributed by atoms with Crippen LogP contribution >= 0.6 is 11.6 Å². The maximum Gasteiger partial charge on any atom is 0.409 e. The van der Waals surface area contributed by atoms with Gasteiger partial charge < -0.3 is 19.6 Å². The summed E-state index contributed by atoms with van der Waals surface area (Å²) in [6, 6.07) is 0. The summed E-state index contributed by atoms with van der Waals surface area (Å²) in [5.41, 5.74) is 0. The molecule has 1 N–H and O–H groups in total. The number of amides is 1. The van der Waals surface area contributed by atoms with Crippen LogP contribution in [0.15, 0.2) is 0 Å². The molecule has 116 valence electrons. The van der Waals surface area contributed by atoms with Crippen LogP contribution in [-0.2, 0) is 9.53 Å². The van der Waals surface area contributed by atoms with E-state index in [-0.39, 0.29) is 24.5 Å². The summed E-state index contributed by atoms with van der Waals surface area (Å²) < 4.78 is 5.02. The monoisotopic (exact) mass is 306 g/mol. The zero-order chi connectivity index (χ0) is 15.0. The van der Waals surface area contributed by atoms with Gasteiger partial charge in [-0.2, -0.15) is 0 Å².